The SMILES string of the molecule is CC\C=C/C=C\C=C/C=C\C=C\C=C/CCCCCC(=O)OCC(COC(=O)CCCCCCCCCCCCCCC)OC(=O)CCCCC/C=C\CCCCCCCC. The second-order valence-corrected chi connectivity index (χ2v) is 16.5. The Morgan fingerprint density at radius 3 is 1.07 bits per heavy atom. The predicted molar refractivity (Wildman–Crippen MR) is 261 cm³/mol. The van der Waals surface area contributed by atoms with Crippen LogP contribution in [0.2, 0.25) is 0 Å². The number of hydrogen-bond donors (Lipinski definition) is 0. The molecule has 348 valence electrons. The van der Waals surface area contributed by atoms with Crippen molar-refractivity contribution in [2.45, 2.75) is 232 Å². The average molecular weight is 849 g/mol. The van der Waals surface area contributed by atoms with Crippen LogP contribution in [0.5, 0.6) is 0 Å². The van der Waals surface area contributed by atoms with Gasteiger partial charge >= 0.3 is 17.9 Å². The number of ether oxygens (including phenoxy) is 3. The van der Waals surface area contributed by atoms with Crippen molar-refractivity contribution in [1.29, 1.82) is 0 Å². The van der Waals surface area contributed by atoms with Crippen molar-refractivity contribution in [3.63, 3.8) is 0 Å². The van der Waals surface area contributed by atoms with E-state index < -0.39 is 6.10 Å². The molecule has 0 aliphatic carbocycles. The Hall–Kier alpha value is -3.41. The van der Waals surface area contributed by atoms with Crippen LogP contribution in [-0.2, 0) is 28.6 Å². The third kappa shape index (κ3) is 47.5. The number of unbranched alkanes of at least 4 members (excludes halogenated alkanes) is 24. The van der Waals surface area contributed by atoms with Gasteiger partial charge in [-0.3, -0.25) is 14.4 Å². The molecule has 61 heavy (non-hydrogen) atoms. The van der Waals surface area contributed by atoms with Crippen molar-refractivity contribution >= 4 is 17.9 Å². The van der Waals surface area contributed by atoms with E-state index in [4.69, 9.17) is 14.2 Å². The van der Waals surface area contributed by atoms with E-state index in [1.165, 1.54) is 103 Å². The van der Waals surface area contributed by atoms with Gasteiger partial charge in [-0.05, 0) is 64.2 Å². The van der Waals surface area contributed by atoms with Gasteiger partial charge in [0, 0.05) is 19.3 Å². The summed E-state index contributed by atoms with van der Waals surface area (Å²) < 4.78 is 16.7. The van der Waals surface area contributed by atoms with Gasteiger partial charge in [-0.15, -0.1) is 0 Å². The molecule has 0 spiro atoms. The number of esters is 3. The minimum Gasteiger partial charge on any atom is -0.462 e. The highest BCUT2D eigenvalue weighted by atomic mass is 16.6. The van der Waals surface area contributed by atoms with Crippen LogP contribution in [0.25, 0.3) is 0 Å². The maximum absolute atomic E-state index is 12.8. The molecular formula is C55H92O6. The van der Waals surface area contributed by atoms with Crippen molar-refractivity contribution < 1.29 is 28.6 Å². The van der Waals surface area contributed by atoms with Crippen LogP contribution in [-0.4, -0.2) is 37.2 Å². The summed E-state index contributed by atoms with van der Waals surface area (Å²) in [6.07, 6.45) is 62.7. The molecule has 6 heteroatoms. The zero-order valence-corrected chi connectivity index (χ0v) is 39.7. The number of rotatable bonds is 44. The highest BCUT2D eigenvalue weighted by Gasteiger charge is 2.19. The fourth-order valence-corrected chi connectivity index (χ4v) is 6.76. The van der Waals surface area contributed by atoms with Gasteiger partial charge in [-0.1, -0.05) is 228 Å². The number of allylic oxidation sites excluding steroid dienone is 14. The van der Waals surface area contributed by atoms with Gasteiger partial charge in [0.1, 0.15) is 13.2 Å². The maximum atomic E-state index is 12.8. The molecular weight excluding hydrogens is 757 g/mol. The maximum Gasteiger partial charge on any atom is 0.306 e. The standard InChI is InChI=1S/C55H92O6/c1-4-7-10-13-16-19-22-25-26-27-28-31-33-36-39-42-45-48-54(57)60-51-52(61-55(58)49-46-43-40-37-34-30-24-21-18-15-12-9-6-3)50-59-53(56)47-44-41-38-35-32-29-23-20-17-14-11-8-5-2/h7,10,13,16,19,22,25-28,30-31,33-34,52H,4-6,8-9,11-12,14-15,17-18,20-21,23-24,29,32,35-51H2,1-3H3/b10-7-,16-13-,22-19-,26-25-,28-27+,33-31-,34-30-. The molecule has 0 N–H and O–H groups in total. The largest absolute Gasteiger partial charge is 0.462 e. The molecule has 0 aromatic rings. The van der Waals surface area contributed by atoms with Crippen LogP contribution in [0, 0.1) is 0 Å². The van der Waals surface area contributed by atoms with Gasteiger partial charge in [-0.25, -0.2) is 0 Å². The lowest BCUT2D eigenvalue weighted by Crippen LogP contribution is -2.30. The molecule has 0 heterocycles. The van der Waals surface area contributed by atoms with Crippen molar-refractivity contribution in [3.05, 3.63) is 85.1 Å². The summed E-state index contributed by atoms with van der Waals surface area (Å²) in [5.74, 6) is -0.958. The molecule has 0 amide bonds. The lowest BCUT2D eigenvalue weighted by Gasteiger charge is -2.18. The van der Waals surface area contributed by atoms with E-state index in [1.807, 2.05) is 60.8 Å². The second kappa shape index (κ2) is 49.2. The lowest BCUT2D eigenvalue weighted by molar-refractivity contribution is -0.167. The van der Waals surface area contributed by atoms with Crippen LogP contribution in [0.3, 0.4) is 0 Å². The van der Waals surface area contributed by atoms with E-state index in [0.717, 1.165) is 83.5 Å². The third-order valence-electron chi connectivity index (χ3n) is 10.5. The molecule has 1 atom stereocenters. The Bertz CT molecular complexity index is 1200. The van der Waals surface area contributed by atoms with Gasteiger partial charge in [0.25, 0.3) is 0 Å². The molecule has 6 nitrogen and oxygen atoms in total. The number of carbonyl (C=O) groups excluding carboxylic acids is 3. The van der Waals surface area contributed by atoms with Crippen molar-refractivity contribution in [2.24, 2.45) is 0 Å². The zero-order chi connectivity index (χ0) is 44.4. The summed E-state index contributed by atoms with van der Waals surface area (Å²) in [6, 6.07) is 0. The topological polar surface area (TPSA) is 78.9 Å². The lowest BCUT2D eigenvalue weighted by atomic mass is 10.0. The van der Waals surface area contributed by atoms with Crippen molar-refractivity contribution in [1.82, 2.24) is 0 Å². The van der Waals surface area contributed by atoms with E-state index in [1.54, 1.807) is 0 Å². The Labute approximate surface area is 375 Å². The summed E-state index contributed by atoms with van der Waals surface area (Å²) in [5, 5.41) is 0. The second-order valence-electron chi connectivity index (χ2n) is 16.5. The van der Waals surface area contributed by atoms with Gasteiger partial charge in [-0.2, -0.15) is 0 Å². The predicted octanol–water partition coefficient (Wildman–Crippen LogP) is 16.4. The smallest absolute Gasteiger partial charge is 0.306 e. The molecule has 0 aliphatic rings. The molecule has 0 bridgehead atoms. The minimum atomic E-state index is -0.800. The fourth-order valence-electron chi connectivity index (χ4n) is 6.76. The molecule has 0 rings (SSSR count). The van der Waals surface area contributed by atoms with E-state index in [2.05, 4.69) is 45.1 Å². The van der Waals surface area contributed by atoms with Crippen LogP contribution >= 0.6 is 0 Å². The van der Waals surface area contributed by atoms with Gasteiger partial charge in [0.2, 0.25) is 0 Å². The molecule has 0 aromatic heterocycles. The molecule has 0 fully saturated rings. The Morgan fingerprint density at radius 2 is 0.656 bits per heavy atom. The van der Waals surface area contributed by atoms with E-state index in [0.29, 0.717) is 19.3 Å². The molecule has 0 saturated heterocycles. The van der Waals surface area contributed by atoms with Crippen LogP contribution in [0.4, 0.5) is 0 Å². The van der Waals surface area contributed by atoms with E-state index >= 15 is 0 Å². The summed E-state index contributed by atoms with van der Waals surface area (Å²) in [5.41, 5.74) is 0. The Balaban J connectivity index is 4.49. The molecule has 0 saturated carbocycles. The summed E-state index contributed by atoms with van der Waals surface area (Å²) in [6.45, 7) is 6.43. The quantitative estimate of drug-likeness (QED) is 0.0200. The Morgan fingerprint density at radius 1 is 0.344 bits per heavy atom. The van der Waals surface area contributed by atoms with Gasteiger partial charge < -0.3 is 14.2 Å². The van der Waals surface area contributed by atoms with Crippen LogP contribution in [0.1, 0.15) is 226 Å². The summed E-state index contributed by atoms with van der Waals surface area (Å²) in [7, 11) is 0. The van der Waals surface area contributed by atoms with Crippen LogP contribution in [0.15, 0.2) is 85.1 Å². The molecule has 0 aliphatic heterocycles. The zero-order valence-electron chi connectivity index (χ0n) is 39.7. The minimum absolute atomic E-state index is 0.0960. The highest BCUT2D eigenvalue weighted by molar-refractivity contribution is 5.71. The number of hydrogen-bond acceptors (Lipinski definition) is 6. The monoisotopic (exact) mass is 849 g/mol. The first-order chi connectivity index (χ1) is 30.0. The van der Waals surface area contributed by atoms with E-state index in [9.17, 15) is 14.4 Å². The van der Waals surface area contributed by atoms with Crippen molar-refractivity contribution in [2.75, 3.05) is 13.2 Å². The normalized spacial score (nSPS) is 12.8. The average Bonchev–Trinajstić information content (AvgIpc) is 3.26. The van der Waals surface area contributed by atoms with Gasteiger partial charge in [0.15, 0.2) is 6.10 Å². The van der Waals surface area contributed by atoms with Gasteiger partial charge in [0.05, 0.1) is 0 Å². The third-order valence-corrected chi connectivity index (χ3v) is 10.5. The first-order valence-corrected chi connectivity index (χ1v) is 25.2. The highest BCUT2D eigenvalue weighted by Crippen LogP contribution is 2.14. The van der Waals surface area contributed by atoms with E-state index in [-0.39, 0.29) is 31.1 Å². The Kier molecular flexibility index (Phi) is 46.5. The first-order valence-electron chi connectivity index (χ1n) is 25.2. The van der Waals surface area contributed by atoms with Crippen molar-refractivity contribution in [3.8, 4) is 0 Å². The number of carbonyl (C=O) groups is 3. The first kappa shape index (κ1) is 57.6. The molecule has 1 unspecified atom stereocenters. The molecule has 0 radical (unpaired) electrons. The summed E-state index contributed by atoms with van der Waals surface area (Å²) >= 11 is 0. The summed E-state index contributed by atoms with van der Waals surface area (Å²) in [4.78, 5) is 37.9. The molecule has 0 aromatic carbocycles. The van der Waals surface area contributed by atoms with Crippen LogP contribution < -0.4 is 0 Å². The fraction of sp³-hybridized carbons (Fsp3) is 0.691.